The SMILES string of the molecule is COc1ccc(N2CCN(C(=O)CN(Cc3ccccc3)S(=O)(=O)c3ccc(C)cc3)CC2)cc1. The number of ether oxygens (including phenoxy) is 1. The maximum Gasteiger partial charge on any atom is 0.243 e. The fourth-order valence-electron chi connectivity index (χ4n) is 4.13. The van der Waals surface area contributed by atoms with E-state index in [1.54, 1.807) is 36.3 Å². The first-order chi connectivity index (χ1) is 16.9. The molecule has 0 saturated carbocycles. The van der Waals surface area contributed by atoms with Crippen molar-refractivity contribution < 1.29 is 17.9 Å². The van der Waals surface area contributed by atoms with Gasteiger partial charge in [-0.3, -0.25) is 4.79 Å². The van der Waals surface area contributed by atoms with Crippen LogP contribution in [0.2, 0.25) is 0 Å². The number of carbonyl (C=O) groups excluding carboxylic acids is 1. The summed E-state index contributed by atoms with van der Waals surface area (Å²) < 4.78 is 33.5. The highest BCUT2D eigenvalue weighted by Gasteiger charge is 2.30. The molecule has 1 aliphatic rings. The summed E-state index contributed by atoms with van der Waals surface area (Å²) in [5, 5.41) is 0. The zero-order valence-electron chi connectivity index (χ0n) is 20.1. The van der Waals surface area contributed by atoms with Crippen LogP contribution in [0.4, 0.5) is 5.69 Å². The van der Waals surface area contributed by atoms with Crippen LogP contribution in [0.1, 0.15) is 11.1 Å². The van der Waals surface area contributed by atoms with Crippen LogP contribution in [0.5, 0.6) is 5.75 Å². The van der Waals surface area contributed by atoms with Gasteiger partial charge in [0.25, 0.3) is 0 Å². The van der Waals surface area contributed by atoms with Gasteiger partial charge in [-0.1, -0.05) is 48.0 Å². The summed E-state index contributed by atoms with van der Waals surface area (Å²) in [6, 6.07) is 24.0. The Morgan fingerprint density at radius 1 is 0.886 bits per heavy atom. The highest BCUT2D eigenvalue weighted by molar-refractivity contribution is 7.89. The van der Waals surface area contributed by atoms with Crippen LogP contribution in [-0.2, 0) is 21.4 Å². The minimum atomic E-state index is -3.85. The van der Waals surface area contributed by atoms with Gasteiger partial charge < -0.3 is 14.5 Å². The quantitative estimate of drug-likeness (QED) is 0.480. The largest absolute Gasteiger partial charge is 0.497 e. The van der Waals surface area contributed by atoms with Gasteiger partial charge in [-0.25, -0.2) is 8.42 Å². The molecule has 0 aliphatic carbocycles. The number of amides is 1. The number of piperazine rings is 1. The third kappa shape index (κ3) is 6.01. The number of methoxy groups -OCH3 is 1. The van der Waals surface area contributed by atoms with Crippen molar-refractivity contribution in [3.8, 4) is 5.75 Å². The van der Waals surface area contributed by atoms with Crippen LogP contribution in [-0.4, -0.2) is 63.4 Å². The minimum Gasteiger partial charge on any atom is -0.497 e. The minimum absolute atomic E-state index is 0.134. The lowest BCUT2D eigenvalue weighted by molar-refractivity contribution is -0.131. The summed E-state index contributed by atoms with van der Waals surface area (Å²) in [4.78, 5) is 17.4. The lowest BCUT2D eigenvalue weighted by Crippen LogP contribution is -2.51. The van der Waals surface area contributed by atoms with Crippen molar-refractivity contribution in [2.24, 2.45) is 0 Å². The predicted molar refractivity (Wildman–Crippen MR) is 137 cm³/mol. The predicted octanol–water partition coefficient (Wildman–Crippen LogP) is 3.54. The molecule has 35 heavy (non-hydrogen) atoms. The molecule has 0 radical (unpaired) electrons. The number of hydrogen-bond donors (Lipinski definition) is 0. The van der Waals surface area contributed by atoms with E-state index in [9.17, 15) is 13.2 Å². The molecule has 0 unspecified atom stereocenters. The van der Waals surface area contributed by atoms with E-state index in [2.05, 4.69) is 4.90 Å². The number of nitrogens with zero attached hydrogens (tertiary/aromatic N) is 3. The van der Waals surface area contributed by atoms with Crippen LogP contribution in [0.25, 0.3) is 0 Å². The number of rotatable bonds is 8. The Balaban J connectivity index is 1.46. The molecule has 184 valence electrons. The van der Waals surface area contributed by atoms with Crippen LogP contribution >= 0.6 is 0 Å². The molecule has 0 aromatic heterocycles. The highest BCUT2D eigenvalue weighted by atomic mass is 32.2. The average Bonchev–Trinajstić information content (AvgIpc) is 2.89. The van der Waals surface area contributed by atoms with Crippen LogP contribution in [0.3, 0.4) is 0 Å². The molecule has 0 bridgehead atoms. The summed E-state index contributed by atoms with van der Waals surface area (Å²) in [5.41, 5.74) is 2.88. The van der Waals surface area contributed by atoms with E-state index in [0.717, 1.165) is 22.6 Å². The lowest BCUT2D eigenvalue weighted by atomic mass is 10.2. The van der Waals surface area contributed by atoms with Gasteiger partial charge in [0, 0.05) is 38.4 Å². The van der Waals surface area contributed by atoms with Gasteiger partial charge in [-0.05, 0) is 48.9 Å². The maximum atomic E-state index is 13.5. The van der Waals surface area contributed by atoms with E-state index in [1.165, 1.54) is 4.31 Å². The number of hydrogen-bond acceptors (Lipinski definition) is 5. The first-order valence-corrected chi connectivity index (χ1v) is 13.1. The molecule has 1 saturated heterocycles. The van der Waals surface area contributed by atoms with E-state index in [4.69, 9.17) is 4.74 Å². The Labute approximate surface area is 207 Å². The fourth-order valence-corrected chi connectivity index (χ4v) is 5.51. The maximum absolute atomic E-state index is 13.5. The summed E-state index contributed by atoms with van der Waals surface area (Å²) in [7, 11) is -2.21. The second kappa shape index (κ2) is 10.9. The Bertz CT molecular complexity index is 1220. The second-order valence-corrected chi connectivity index (χ2v) is 10.6. The van der Waals surface area contributed by atoms with Crippen molar-refractivity contribution >= 4 is 21.6 Å². The van der Waals surface area contributed by atoms with Gasteiger partial charge in [0.2, 0.25) is 15.9 Å². The molecule has 1 heterocycles. The Morgan fingerprint density at radius 2 is 1.51 bits per heavy atom. The number of carbonyl (C=O) groups is 1. The Kier molecular flexibility index (Phi) is 7.73. The molecule has 0 N–H and O–H groups in total. The van der Waals surface area contributed by atoms with Crippen molar-refractivity contribution in [3.63, 3.8) is 0 Å². The number of anilines is 1. The molecule has 3 aromatic rings. The molecule has 1 amide bonds. The third-order valence-corrected chi connectivity index (χ3v) is 8.05. The van der Waals surface area contributed by atoms with E-state index >= 15 is 0 Å². The smallest absolute Gasteiger partial charge is 0.243 e. The molecule has 8 heteroatoms. The molecular formula is C27H31N3O4S. The molecule has 1 fully saturated rings. The zero-order valence-corrected chi connectivity index (χ0v) is 20.9. The standard InChI is InChI=1S/C27H31N3O4S/c1-22-8-14-26(15-9-22)35(32,33)30(20-23-6-4-3-5-7-23)21-27(31)29-18-16-28(17-19-29)24-10-12-25(34-2)13-11-24/h3-15H,16-21H2,1-2H3. The van der Waals surface area contributed by atoms with Crippen molar-refractivity contribution in [1.82, 2.24) is 9.21 Å². The number of benzene rings is 3. The van der Waals surface area contributed by atoms with Crippen molar-refractivity contribution in [2.75, 3.05) is 44.7 Å². The van der Waals surface area contributed by atoms with Gasteiger partial charge in [0.15, 0.2) is 0 Å². The van der Waals surface area contributed by atoms with E-state index in [-0.39, 0.29) is 23.9 Å². The Morgan fingerprint density at radius 3 is 2.11 bits per heavy atom. The summed E-state index contributed by atoms with van der Waals surface area (Å²) >= 11 is 0. The van der Waals surface area contributed by atoms with Crippen LogP contribution in [0, 0.1) is 6.92 Å². The van der Waals surface area contributed by atoms with Gasteiger partial charge in [-0.15, -0.1) is 0 Å². The number of sulfonamides is 1. The summed E-state index contributed by atoms with van der Waals surface area (Å²) in [6.07, 6.45) is 0. The lowest BCUT2D eigenvalue weighted by Gasteiger charge is -2.37. The van der Waals surface area contributed by atoms with Crippen molar-refractivity contribution in [1.29, 1.82) is 0 Å². The van der Waals surface area contributed by atoms with Crippen LogP contribution in [0.15, 0.2) is 83.8 Å². The molecular weight excluding hydrogens is 462 g/mol. The van der Waals surface area contributed by atoms with Crippen LogP contribution < -0.4 is 9.64 Å². The van der Waals surface area contributed by atoms with Crippen molar-refractivity contribution in [3.05, 3.63) is 90.0 Å². The fraction of sp³-hybridized carbons (Fsp3) is 0.296. The average molecular weight is 494 g/mol. The van der Waals surface area contributed by atoms with Gasteiger partial charge >= 0.3 is 0 Å². The molecule has 4 rings (SSSR count). The molecule has 0 spiro atoms. The van der Waals surface area contributed by atoms with E-state index in [1.807, 2.05) is 61.5 Å². The zero-order chi connectivity index (χ0) is 24.8. The van der Waals surface area contributed by atoms with E-state index in [0.29, 0.717) is 26.2 Å². The van der Waals surface area contributed by atoms with Crippen molar-refractivity contribution in [2.45, 2.75) is 18.4 Å². The monoisotopic (exact) mass is 493 g/mol. The first-order valence-electron chi connectivity index (χ1n) is 11.6. The topological polar surface area (TPSA) is 70.2 Å². The normalized spacial score (nSPS) is 14.3. The molecule has 1 aliphatic heterocycles. The van der Waals surface area contributed by atoms with Gasteiger partial charge in [-0.2, -0.15) is 4.31 Å². The summed E-state index contributed by atoms with van der Waals surface area (Å²) in [5.74, 6) is 0.613. The number of aryl methyl sites for hydroxylation is 1. The third-order valence-electron chi connectivity index (χ3n) is 6.24. The van der Waals surface area contributed by atoms with Gasteiger partial charge in [0.1, 0.15) is 5.75 Å². The Hall–Kier alpha value is -3.36. The molecule has 0 atom stereocenters. The highest BCUT2D eigenvalue weighted by Crippen LogP contribution is 2.22. The molecule has 7 nitrogen and oxygen atoms in total. The van der Waals surface area contributed by atoms with E-state index < -0.39 is 10.0 Å². The van der Waals surface area contributed by atoms with Gasteiger partial charge in [0.05, 0.1) is 18.6 Å². The first kappa shape index (κ1) is 24.8. The molecule has 3 aromatic carbocycles. The summed E-state index contributed by atoms with van der Waals surface area (Å²) in [6.45, 7) is 4.28. The second-order valence-electron chi connectivity index (χ2n) is 8.64.